The maximum Gasteiger partial charge on any atom is 0.239 e. The van der Waals surface area contributed by atoms with Gasteiger partial charge in [-0.25, -0.2) is 19.6 Å². The zero-order valence-corrected chi connectivity index (χ0v) is 26.1. The Morgan fingerprint density at radius 2 is 0.898 bits per heavy atom. The van der Waals surface area contributed by atoms with Crippen LogP contribution in [0.2, 0.25) is 0 Å². The molecule has 6 aromatic carbocycles. The molecule has 4 aromatic heterocycles. The number of para-hydroxylation sites is 3. The van der Waals surface area contributed by atoms with E-state index < -0.39 is 0 Å². The summed E-state index contributed by atoms with van der Waals surface area (Å²) >= 11 is 0. The average Bonchev–Trinajstić information content (AvgIpc) is 3.86. The fourth-order valence-corrected chi connectivity index (χ4v) is 6.92. The SMILES string of the molecule is c1ccc(-c2nc(-c3ccccc3)n(-c3ccc4c(c3)c3ccccc3n4-c3ncnc(-n4c5ccccc5c5ccccc54)n3)n2)cc1. The molecule has 0 bridgehead atoms. The van der Waals surface area contributed by atoms with Gasteiger partial charge in [-0.2, -0.15) is 4.98 Å². The van der Waals surface area contributed by atoms with Crippen LogP contribution in [-0.4, -0.2) is 38.9 Å². The summed E-state index contributed by atoms with van der Waals surface area (Å²) in [6.07, 6.45) is 1.60. The van der Waals surface area contributed by atoms with Crippen molar-refractivity contribution in [2.24, 2.45) is 0 Å². The second kappa shape index (κ2) is 10.8. The van der Waals surface area contributed by atoms with Crippen LogP contribution in [0.3, 0.4) is 0 Å². The molecular weight excluding hydrogens is 605 g/mol. The van der Waals surface area contributed by atoms with Crippen molar-refractivity contribution in [3.63, 3.8) is 0 Å². The van der Waals surface area contributed by atoms with E-state index in [2.05, 4.69) is 99.0 Å². The van der Waals surface area contributed by atoms with Crippen LogP contribution >= 0.6 is 0 Å². The third-order valence-electron chi connectivity index (χ3n) is 9.10. The minimum Gasteiger partial charge on any atom is -0.278 e. The minimum absolute atomic E-state index is 0.544. The Morgan fingerprint density at radius 1 is 0.408 bits per heavy atom. The van der Waals surface area contributed by atoms with Gasteiger partial charge in [0.05, 0.1) is 27.8 Å². The Kier molecular flexibility index (Phi) is 6.01. The predicted molar refractivity (Wildman–Crippen MR) is 194 cm³/mol. The maximum absolute atomic E-state index is 5.11. The largest absolute Gasteiger partial charge is 0.278 e. The van der Waals surface area contributed by atoms with Gasteiger partial charge in [0.15, 0.2) is 11.6 Å². The van der Waals surface area contributed by atoms with Gasteiger partial charge >= 0.3 is 0 Å². The molecule has 10 aromatic rings. The Balaban J connectivity index is 1.17. The molecule has 0 aliphatic rings. The van der Waals surface area contributed by atoms with Gasteiger partial charge in [0.1, 0.15) is 6.33 Å². The van der Waals surface area contributed by atoms with E-state index in [0.29, 0.717) is 17.7 Å². The molecule has 0 unspecified atom stereocenters. The predicted octanol–water partition coefficient (Wildman–Crippen LogP) is 8.98. The number of aromatic nitrogens is 8. The first-order valence-corrected chi connectivity index (χ1v) is 16.1. The molecule has 0 spiro atoms. The summed E-state index contributed by atoms with van der Waals surface area (Å²) in [7, 11) is 0. The molecule has 0 saturated carbocycles. The molecule has 0 fully saturated rings. The molecule has 0 N–H and O–H groups in total. The van der Waals surface area contributed by atoms with Crippen molar-refractivity contribution in [1.82, 2.24) is 38.9 Å². The number of hydrogen-bond acceptors (Lipinski definition) is 5. The maximum atomic E-state index is 5.11. The van der Waals surface area contributed by atoms with Gasteiger partial charge in [-0.1, -0.05) is 115 Å². The van der Waals surface area contributed by atoms with Crippen molar-refractivity contribution in [2.45, 2.75) is 0 Å². The van der Waals surface area contributed by atoms with Crippen molar-refractivity contribution in [3.8, 4) is 40.4 Å². The third kappa shape index (κ3) is 4.28. The van der Waals surface area contributed by atoms with E-state index in [-0.39, 0.29) is 0 Å². The fraction of sp³-hybridized carbons (Fsp3) is 0. The Morgan fingerprint density at radius 3 is 1.49 bits per heavy atom. The van der Waals surface area contributed by atoms with Gasteiger partial charge < -0.3 is 0 Å². The number of rotatable bonds is 5. The molecular formula is C41H26N8. The summed E-state index contributed by atoms with van der Waals surface area (Å²) < 4.78 is 6.16. The molecule has 8 heteroatoms. The van der Waals surface area contributed by atoms with Crippen molar-refractivity contribution in [3.05, 3.63) is 158 Å². The monoisotopic (exact) mass is 630 g/mol. The van der Waals surface area contributed by atoms with Crippen LogP contribution in [0.15, 0.2) is 158 Å². The van der Waals surface area contributed by atoms with E-state index in [4.69, 9.17) is 20.1 Å². The van der Waals surface area contributed by atoms with Gasteiger partial charge in [0, 0.05) is 32.7 Å². The van der Waals surface area contributed by atoms with Gasteiger partial charge in [-0.3, -0.25) is 9.13 Å². The zero-order chi connectivity index (χ0) is 32.3. The lowest BCUT2D eigenvalue weighted by molar-refractivity contribution is 0.884. The highest BCUT2D eigenvalue weighted by Gasteiger charge is 2.20. The Hall–Kier alpha value is -6.93. The highest BCUT2D eigenvalue weighted by atomic mass is 15.4. The van der Waals surface area contributed by atoms with Crippen LogP contribution in [0.4, 0.5) is 0 Å². The average molecular weight is 631 g/mol. The third-order valence-corrected chi connectivity index (χ3v) is 9.10. The number of fused-ring (bicyclic) bond motifs is 6. The van der Waals surface area contributed by atoms with E-state index in [1.807, 2.05) is 71.4 Å². The van der Waals surface area contributed by atoms with E-state index in [1.54, 1.807) is 6.33 Å². The lowest BCUT2D eigenvalue weighted by atomic mass is 10.1. The van der Waals surface area contributed by atoms with E-state index in [0.717, 1.165) is 66.3 Å². The summed E-state index contributed by atoms with van der Waals surface area (Å²) in [6, 6.07) is 51.7. The quantitative estimate of drug-likeness (QED) is 0.190. The molecule has 0 radical (unpaired) electrons. The van der Waals surface area contributed by atoms with Gasteiger partial charge in [0.25, 0.3) is 0 Å². The number of hydrogen-bond donors (Lipinski definition) is 0. The lowest BCUT2D eigenvalue weighted by Gasteiger charge is -2.10. The summed E-state index contributed by atoms with van der Waals surface area (Å²) in [5.41, 5.74) is 6.93. The Bertz CT molecular complexity index is 2780. The van der Waals surface area contributed by atoms with Crippen molar-refractivity contribution < 1.29 is 0 Å². The van der Waals surface area contributed by atoms with Crippen molar-refractivity contribution >= 4 is 43.6 Å². The van der Waals surface area contributed by atoms with Gasteiger partial charge in [0.2, 0.25) is 11.9 Å². The van der Waals surface area contributed by atoms with Crippen LogP contribution < -0.4 is 0 Å². The summed E-state index contributed by atoms with van der Waals surface area (Å²) in [4.78, 5) is 19.5. The lowest BCUT2D eigenvalue weighted by Crippen LogP contribution is -2.07. The fourth-order valence-electron chi connectivity index (χ4n) is 6.92. The topological polar surface area (TPSA) is 79.2 Å². The molecule has 230 valence electrons. The smallest absolute Gasteiger partial charge is 0.239 e. The minimum atomic E-state index is 0.544. The summed E-state index contributed by atoms with van der Waals surface area (Å²) in [5.74, 6) is 2.55. The first kappa shape index (κ1) is 27.2. The molecule has 4 heterocycles. The molecule has 10 rings (SSSR count). The number of nitrogens with zero attached hydrogens (tertiary/aromatic N) is 8. The molecule has 0 atom stereocenters. The van der Waals surface area contributed by atoms with Crippen molar-refractivity contribution in [1.29, 1.82) is 0 Å². The summed E-state index contributed by atoms with van der Waals surface area (Å²) in [5, 5.41) is 9.49. The van der Waals surface area contributed by atoms with Crippen LogP contribution in [0.5, 0.6) is 0 Å². The second-order valence-corrected chi connectivity index (χ2v) is 11.9. The van der Waals surface area contributed by atoms with Gasteiger partial charge in [-0.05, 0) is 36.4 Å². The van der Waals surface area contributed by atoms with Gasteiger partial charge in [-0.15, -0.1) is 5.10 Å². The molecule has 8 nitrogen and oxygen atoms in total. The van der Waals surface area contributed by atoms with E-state index >= 15 is 0 Å². The first-order chi connectivity index (χ1) is 24.3. The van der Waals surface area contributed by atoms with Crippen LogP contribution in [0, 0.1) is 0 Å². The molecule has 0 saturated heterocycles. The zero-order valence-electron chi connectivity index (χ0n) is 26.1. The van der Waals surface area contributed by atoms with E-state index in [1.165, 1.54) is 0 Å². The molecule has 0 aliphatic heterocycles. The van der Waals surface area contributed by atoms with Crippen LogP contribution in [0.1, 0.15) is 0 Å². The van der Waals surface area contributed by atoms with E-state index in [9.17, 15) is 0 Å². The summed E-state index contributed by atoms with van der Waals surface area (Å²) in [6.45, 7) is 0. The number of benzene rings is 6. The standard InChI is InChI=1S/C41H26N8/c1-3-13-27(14-4-1)38-44-39(28-15-5-2-6-16-28)49(46-38)29-23-24-37-33(25-29)32-19-9-12-22-36(32)48(37)41-43-26-42-40(45-41)47-34-20-10-7-17-30(34)31-18-8-11-21-35(31)47/h1-26H. The molecule has 0 amide bonds. The second-order valence-electron chi connectivity index (χ2n) is 11.9. The van der Waals surface area contributed by atoms with Crippen molar-refractivity contribution in [2.75, 3.05) is 0 Å². The highest BCUT2D eigenvalue weighted by Crippen LogP contribution is 2.35. The van der Waals surface area contributed by atoms with Crippen LogP contribution in [-0.2, 0) is 0 Å². The normalized spacial score (nSPS) is 11.7. The molecule has 0 aliphatic carbocycles. The first-order valence-electron chi connectivity index (χ1n) is 16.1. The highest BCUT2D eigenvalue weighted by molar-refractivity contribution is 6.10. The van der Waals surface area contributed by atoms with Crippen LogP contribution in [0.25, 0.3) is 84.0 Å². The Labute approximate surface area is 280 Å². The molecule has 49 heavy (non-hydrogen) atoms.